The Labute approximate surface area is 238 Å². The van der Waals surface area contributed by atoms with Gasteiger partial charge in [0.2, 0.25) is 5.91 Å². The third-order valence-corrected chi connectivity index (χ3v) is 12.8. The quantitative estimate of drug-likeness (QED) is 0.465. The van der Waals surface area contributed by atoms with Gasteiger partial charge in [0.05, 0.1) is 11.0 Å². The van der Waals surface area contributed by atoms with E-state index in [-0.39, 0.29) is 28.6 Å². The second-order valence-electron chi connectivity index (χ2n) is 15.4. The summed E-state index contributed by atoms with van der Waals surface area (Å²) in [5, 5.41) is 20.6. The molecular weight excluding hydrogens is 504 g/mol. The highest BCUT2D eigenvalue weighted by Crippen LogP contribution is 2.74. The summed E-state index contributed by atoms with van der Waals surface area (Å²) in [6.07, 6.45) is 8.07. The van der Waals surface area contributed by atoms with Crippen molar-refractivity contribution in [3.05, 3.63) is 23.3 Å². The third-order valence-electron chi connectivity index (χ3n) is 12.8. The number of carboxylic acids is 1. The molecule has 8 atom stereocenters. The number of hydrogen-bond donors (Lipinski definition) is 1. The first kappa shape index (κ1) is 28.8. The van der Waals surface area contributed by atoms with E-state index in [1.165, 1.54) is 4.90 Å². The van der Waals surface area contributed by atoms with Gasteiger partial charge < -0.3 is 10.0 Å². The lowest BCUT2D eigenvalue weighted by atomic mass is 9.34. The number of rotatable bonds is 2. The number of ketones is 2. The molecule has 5 aliphatic rings. The van der Waals surface area contributed by atoms with Gasteiger partial charge in [0.25, 0.3) is 0 Å². The molecule has 216 valence electrons. The predicted molar refractivity (Wildman–Crippen MR) is 150 cm³/mol. The summed E-state index contributed by atoms with van der Waals surface area (Å²) in [5.74, 6) is -2.64. The van der Waals surface area contributed by atoms with E-state index in [4.69, 9.17) is 0 Å². The molecule has 0 aliphatic heterocycles. The molecule has 0 radical (unpaired) electrons. The van der Waals surface area contributed by atoms with Crippen molar-refractivity contribution in [3.8, 4) is 6.07 Å². The summed E-state index contributed by atoms with van der Waals surface area (Å²) < 4.78 is 0. The molecule has 3 fully saturated rings. The van der Waals surface area contributed by atoms with Crippen molar-refractivity contribution >= 4 is 23.4 Å². The Balaban J connectivity index is 1.72. The van der Waals surface area contributed by atoms with Gasteiger partial charge in [-0.2, -0.15) is 5.26 Å². The Morgan fingerprint density at radius 1 is 1.00 bits per heavy atom. The minimum atomic E-state index is -1.42. The van der Waals surface area contributed by atoms with Crippen LogP contribution in [0, 0.1) is 61.6 Å². The van der Waals surface area contributed by atoms with Gasteiger partial charge in [-0.3, -0.25) is 19.2 Å². The smallest absolute Gasteiger partial charge is 0.309 e. The Hall–Kier alpha value is -2.75. The molecular formula is C33H44N2O5. The number of amides is 1. The maximum Gasteiger partial charge on any atom is 0.309 e. The van der Waals surface area contributed by atoms with Crippen molar-refractivity contribution in [1.82, 2.24) is 4.90 Å². The van der Waals surface area contributed by atoms with Gasteiger partial charge in [-0.1, -0.05) is 46.3 Å². The van der Waals surface area contributed by atoms with Crippen LogP contribution in [-0.4, -0.2) is 47.5 Å². The lowest BCUT2D eigenvalue weighted by Gasteiger charge is -2.68. The van der Waals surface area contributed by atoms with Crippen molar-refractivity contribution in [2.75, 3.05) is 14.1 Å². The van der Waals surface area contributed by atoms with Gasteiger partial charge >= 0.3 is 5.97 Å². The number of Topliss-reactive ketones (excluding diaryl/α,β-unsaturated/α-hetero) is 1. The molecule has 7 nitrogen and oxygen atoms in total. The van der Waals surface area contributed by atoms with Gasteiger partial charge in [-0.15, -0.1) is 0 Å². The number of aliphatic carboxylic acids is 1. The molecule has 0 bridgehead atoms. The van der Waals surface area contributed by atoms with Gasteiger partial charge in [-0.05, 0) is 86.0 Å². The fourth-order valence-electron chi connectivity index (χ4n) is 10.4. The average Bonchev–Trinajstić information content (AvgIpc) is 2.86. The fourth-order valence-corrected chi connectivity index (χ4v) is 10.4. The van der Waals surface area contributed by atoms with Crippen molar-refractivity contribution < 1.29 is 24.3 Å². The first-order valence-electron chi connectivity index (χ1n) is 14.8. The number of carbonyl (C=O) groups excluding carboxylic acids is 3. The molecule has 5 aliphatic carbocycles. The molecule has 0 aromatic heterocycles. The summed E-state index contributed by atoms with van der Waals surface area (Å²) >= 11 is 0. The molecule has 0 aromatic carbocycles. The average molecular weight is 549 g/mol. The number of carbonyl (C=O) groups is 4. The van der Waals surface area contributed by atoms with E-state index in [0.717, 1.165) is 12.0 Å². The van der Waals surface area contributed by atoms with Gasteiger partial charge in [-0.25, -0.2) is 0 Å². The van der Waals surface area contributed by atoms with E-state index in [9.17, 15) is 29.5 Å². The molecule has 3 saturated carbocycles. The highest BCUT2D eigenvalue weighted by atomic mass is 16.4. The van der Waals surface area contributed by atoms with Gasteiger partial charge in [0, 0.05) is 25.4 Å². The number of nitriles is 1. The van der Waals surface area contributed by atoms with Crippen LogP contribution in [0.4, 0.5) is 0 Å². The van der Waals surface area contributed by atoms with Crippen LogP contribution >= 0.6 is 0 Å². The van der Waals surface area contributed by atoms with E-state index in [1.807, 2.05) is 6.92 Å². The number of hydrogen-bond acceptors (Lipinski definition) is 5. The lowest BCUT2D eigenvalue weighted by molar-refractivity contribution is -0.189. The molecule has 5 rings (SSSR count). The molecule has 0 spiro atoms. The Bertz CT molecular complexity index is 1330. The zero-order valence-electron chi connectivity index (χ0n) is 25.3. The summed E-state index contributed by atoms with van der Waals surface area (Å²) in [7, 11) is 3.26. The van der Waals surface area contributed by atoms with Crippen LogP contribution in [0.3, 0.4) is 0 Å². The zero-order valence-corrected chi connectivity index (χ0v) is 25.3. The lowest BCUT2D eigenvalue weighted by Crippen LogP contribution is -2.66. The van der Waals surface area contributed by atoms with E-state index in [2.05, 4.69) is 33.8 Å². The maximum atomic E-state index is 14.4. The number of nitrogens with zero attached hydrogens (tertiary/aromatic N) is 2. The SMILES string of the molecule is CN(C)C(=O)[C@]1(C)C(=O)C(C#N)=C[C@]2(C)C3=CC(=O)[C@@H]4[C@@H]5CC(C)(C)CC[C@]5(C(=O)O)CC[C@@]4(C)[C@]3(C)CC[C@@H]12. The topological polar surface area (TPSA) is 116 Å². The van der Waals surface area contributed by atoms with E-state index in [0.29, 0.717) is 38.5 Å². The Morgan fingerprint density at radius 3 is 2.20 bits per heavy atom. The first-order valence-corrected chi connectivity index (χ1v) is 14.8. The third kappa shape index (κ3) is 3.28. The van der Waals surface area contributed by atoms with Crippen LogP contribution in [0.15, 0.2) is 23.3 Å². The minimum Gasteiger partial charge on any atom is -0.481 e. The van der Waals surface area contributed by atoms with Crippen LogP contribution in [0.2, 0.25) is 0 Å². The number of allylic oxidation sites excluding steroid dienone is 4. The zero-order chi connectivity index (χ0) is 29.8. The second kappa shape index (κ2) is 8.39. The monoisotopic (exact) mass is 548 g/mol. The first-order chi connectivity index (χ1) is 18.4. The molecule has 0 saturated heterocycles. The molecule has 0 heterocycles. The highest BCUT2D eigenvalue weighted by molar-refractivity contribution is 6.16. The van der Waals surface area contributed by atoms with Gasteiger partial charge in [0.1, 0.15) is 11.5 Å². The summed E-state index contributed by atoms with van der Waals surface area (Å²) in [6, 6.07) is 2.07. The molecule has 0 unspecified atom stereocenters. The van der Waals surface area contributed by atoms with Crippen molar-refractivity contribution in [2.45, 2.75) is 86.5 Å². The summed E-state index contributed by atoms with van der Waals surface area (Å²) in [5.41, 5.74) is -3.26. The molecule has 0 aromatic rings. The van der Waals surface area contributed by atoms with E-state index < -0.39 is 50.7 Å². The molecule has 40 heavy (non-hydrogen) atoms. The van der Waals surface area contributed by atoms with Crippen LogP contribution in [0.5, 0.6) is 0 Å². The normalized spacial score (nSPS) is 45.4. The van der Waals surface area contributed by atoms with Crippen LogP contribution in [0.25, 0.3) is 0 Å². The Kier molecular flexibility index (Phi) is 6.04. The fraction of sp³-hybridized carbons (Fsp3) is 0.727. The highest BCUT2D eigenvalue weighted by Gasteiger charge is 2.72. The molecule has 7 heteroatoms. The number of fused-ring (bicyclic) bond motifs is 7. The maximum absolute atomic E-state index is 14.4. The minimum absolute atomic E-state index is 0.0242. The van der Waals surface area contributed by atoms with E-state index >= 15 is 0 Å². The van der Waals surface area contributed by atoms with E-state index in [1.54, 1.807) is 33.2 Å². The van der Waals surface area contributed by atoms with Crippen LogP contribution in [-0.2, 0) is 19.2 Å². The molecule has 1 amide bonds. The Morgan fingerprint density at radius 2 is 1.62 bits per heavy atom. The summed E-state index contributed by atoms with van der Waals surface area (Å²) in [4.78, 5) is 56.0. The van der Waals surface area contributed by atoms with Crippen molar-refractivity contribution in [1.29, 1.82) is 5.26 Å². The van der Waals surface area contributed by atoms with Crippen LogP contribution < -0.4 is 0 Å². The molecule has 1 N–H and O–H groups in total. The van der Waals surface area contributed by atoms with Gasteiger partial charge in [0.15, 0.2) is 11.6 Å². The van der Waals surface area contributed by atoms with Crippen molar-refractivity contribution in [2.24, 2.45) is 50.2 Å². The largest absolute Gasteiger partial charge is 0.481 e. The van der Waals surface area contributed by atoms with Crippen molar-refractivity contribution in [3.63, 3.8) is 0 Å². The van der Waals surface area contributed by atoms with Crippen LogP contribution in [0.1, 0.15) is 86.5 Å². The second-order valence-corrected chi connectivity index (χ2v) is 15.4. The predicted octanol–water partition coefficient (Wildman–Crippen LogP) is 5.36. The number of carboxylic acid groups (broad SMARTS) is 1. The summed E-state index contributed by atoms with van der Waals surface area (Å²) in [6.45, 7) is 12.4. The standard InChI is InChI=1S/C33H44N2O5/c1-28(2)11-13-33(27(39)40)14-12-31(5)24(20(33)17-28)21(36)15-23-29(3)16-19(18-34)25(37)32(6,26(38)35(7)8)22(29)9-10-30(23,31)4/h15-16,20,22,24H,9-14,17H2,1-8H3,(H,39,40)/t20-,22+,24-,29-,30+,31+,32-,33-/m0/s1.